The van der Waals surface area contributed by atoms with Crippen LogP contribution in [-0.4, -0.2) is 6.61 Å². The molecule has 2 N–H and O–H groups in total. The number of hydrogen-bond acceptors (Lipinski definition) is 4. The highest BCUT2D eigenvalue weighted by Crippen LogP contribution is 2.34. The molecular formula is C10H11NOS2. The van der Waals surface area contributed by atoms with Crippen molar-refractivity contribution in [2.75, 3.05) is 12.3 Å². The van der Waals surface area contributed by atoms with E-state index in [-0.39, 0.29) is 0 Å². The number of benzene rings is 1. The summed E-state index contributed by atoms with van der Waals surface area (Å²) < 4.78 is 7.55. The number of thiol groups is 1. The number of anilines is 1. The van der Waals surface area contributed by atoms with Crippen LogP contribution < -0.4 is 10.5 Å². The average molecular weight is 225 g/mol. The molecule has 0 aliphatic heterocycles. The minimum absolute atomic E-state index is 0.633. The molecule has 0 radical (unpaired) electrons. The normalized spacial score (nSPS) is 10.7. The molecule has 4 heteroatoms. The van der Waals surface area contributed by atoms with Gasteiger partial charge in [-0.15, -0.1) is 24.0 Å². The van der Waals surface area contributed by atoms with Gasteiger partial charge in [0.15, 0.2) is 0 Å². The molecule has 1 aromatic carbocycles. The maximum atomic E-state index is 5.84. The third-order valence-corrected chi connectivity index (χ3v) is 3.24. The minimum atomic E-state index is 0.633. The standard InChI is InChI=1S/C10H11NOS2/c1-2-12-8-3-6-4-10(13)14-9(6)5-7(8)11/h3-5,13H,2,11H2,1H3. The van der Waals surface area contributed by atoms with Crippen LogP contribution in [0.5, 0.6) is 5.75 Å². The Morgan fingerprint density at radius 2 is 2.21 bits per heavy atom. The zero-order chi connectivity index (χ0) is 10.1. The third-order valence-electron chi connectivity index (χ3n) is 1.94. The van der Waals surface area contributed by atoms with E-state index in [2.05, 4.69) is 12.6 Å². The Bertz CT molecular complexity index is 464. The van der Waals surface area contributed by atoms with E-state index in [1.54, 1.807) is 11.3 Å². The van der Waals surface area contributed by atoms with Crippen molar-refractivity contribution in [2.24, 2.45) is 0 Å². The van der Waals surface area contributed by atoms with Crippen LogP contribution in [-0.2, 0) is 0 Å². The molecule has 1 aromatic heterocycles. The average Bonchev–Trinajstić information content (AvgIpc) is 2.45. The van der Waals surface area contributed by atoms with Gasteiger partial charge in [-0.25, -0.2) is 0 Å². The van der Waals surface area contributed by atoms with Crippen LogP contribution in [0, 0.1) is 0 Å². The zero-order valence-electron chi connectivity index (χ0n) is 7.78. The number of nitrogens with two attached hydrogens (primary N) is 1. The van der Waals surface area contributed by atoms with E-state index >= 15 is 0 Å². The number of thiophene rings is 1. The van der Waals surface area contributed by atoms with Crippen molar-refractivity contribution in [3.63, 3.8) is 0 Å². The molecule has 0 saturated heterocycles. The van der Waals surface area contributed by atoms with Crippen LogP contribution in [0.25, 0.3) is 10.1 Å². The van der Waals surface area contributed by atoms with Gasteiger partial charge in [0.25, 0.3) is 0 Å². The highest BCUT2D eigenvalue weighted by atomic mass is 32.2. The molecule has 2 nitrogen and oxygen atoms in total. The minimum Gasteiger partial charge on any atom is -0.492 e. The van der Waals surface area contributed by atoms with Gasteiger partial charge >= 0.3 is 0 Å². The highest BCUT2D eigenvalue weighted by molar-refractivity contribution is 7.83. The maximum absolute atomic E-state index is 5.84. The first-order chi connectivity index (χ1) is 6.70. The van der Waals surface area contributed by atoms with E-state index in [1.165, 1.54) is 0 Å². The monoisotopic (exact) mass is 225 g/mol. The van der Waals surface area contributed by atoms with Crippen molar-refractivity contribution < 1.29 is 4.74 Å². The molecule has 0 unspecified atom stereocenters. The molecule has 0 atom stereocenters. The first-order valence-corrected chi connectivity index (χ1v) is 5.62. The zero-order valence-corrected chi connectivity index (χ0v) is 9.49. The van der Waals surface area contributed by atoms with Crippen molar-refractivity contribution in [3.8, 4) is 5.75 Å². The molecule has 0 bridgehead atoms. The summed E-state index contributed by atoms with van der Waals surface area (Å²) in [4.78, 5) is 0. The summed E-state index contributed by atoms with van der Waals surface area (Å²) in [6.45, 7) is 2.58. The molecule has 0 aliphatic rings. The summed E-state index contributed by atoms with van der Waals surface area (Å²) >= 11 is 5.92. The van der Waals surface area contributed by atoms with Gasteiger partial charge in [-0.3, -0.25) is 0 Å². The fourth-order valence-corrected chi connectivity index (χ4v) is 2.62. The Balaban J connectivity index is 2.58. The van der Waals surface area contributed by atoms with Crippen LogP contribution in [0.1, 0.15) is 6.92 Å². The smallest absolute Gasteiger partial charge is 0.142 e. The van der Waals surface area contributed by atoms with Gasteiger partial charge in [-0.05, 0) is 30.5 Å². The maximum Gasteiger partial charge on any atom is 0.142 e. The molecule has 74 valence electrons. The van der Waals surface area contributed by atoms with E-state index < -0.39 is 0 Å². The van der Waals surface area contributed by atoms with Crippen molar-refractivity contribution in [3.05, 3.63) is 18.2 Å². The summed E-state index contributed by atoms with van der Waals surface area (Å²) in [7, 11) is 0. The second kappa shape index (κ2) is 3.71. The Labute approximate surface area is 92.1 Å². The predicted octanol–water partition coefficient (Wildman–Crippen LogP) is 3.17. The fourth-order valence-electron chi connectivity index (χ4n) is 1.35. The highest BCUT2D eigenvalue weighted by Gasteiger charge is 2.05. The topological polar surface area (TPSA) is 35.2 Å². The predicted molar refractivity (Wildman–Crippen MR) is 64.7 cm³/mol. The van der Waals surface area contributed by atoms with Crippen LogP contribution in [0.15, 0.2) is 22.4 Å². The van der Waals surface area contributed by atoms with Gasteiger partial charge in [0.05, 0.1) is 16.5 Å². The number of ether oxygens (including phenoxy) is 1. The van der Waals surface area contributed by atoms with Gasteiger partial charge in [0.1, 0.15) is 5.75 Å². The van der Waals surface area contributed by atoms with Crippen molar-refractivity contribution in [1.29, 1.82) is 0 Å². The molecule has 0 aliphatic carbocycles. The Hall–Kier alpha value is -0.870. The Morgan fingerprint density at radius 3 is 2.93 bits per heavy atom. The van der Waals surface area contributed by atoms with Crippen molar-refractivity contribution in [2.45, 2.75) is 11.1 Å². The molecule has 0 saturated carbocycles. The van der Waals surface area contributed by atoms with Crippen LogP contribution >= 0.6 is 24.0 Å². The lowest BCUT2D eigenvalue weighted by molar-refractivity contribution is 0.342. The largest absolute Gasteiger partial charge is 0.492 e. The second-order valence-corrected chi connectivity index (χ2v) is 4.81. The van der Waals surface area contributed by atoms with Gasteiger partial charge in [-0.1, -0.05) is 0 Å². The van der Waals surface area contributed by atoms with Crippen LogP contribution in [0.3, 0.4) is 0 Å². The number of rotatable bonds is 2. The molecule has 0 amide bonds. The van der Waals surface area contributed by atoms with Crippen LogP contribution in [0.4, 0.5) is 5.69 Å². The lowest BCUT2D eigenvalue weighted by Gasteiger charge is -2.05. The molecule has 2 rings (SSSR count). The summed E-state index contributed by atoms with van der Waals surface area (Å²) in [5.74, 6) is 0.756. The Kier molecular flexibility index (Phi) is 2.56. The summed E-state index contributed by atoms with van der Waals surface area (Å²) in [6.07, 6.45) is 0. The first-order valence-electron chi connectivity index (χ1n) is 4.35. The summed E-state index contributed by atoms with van der Waals surface area (Å²) in [5.41, 5.74) is 6.53. The molecule has 14 heavy (non-hydrogen) atoms. The lowest BCUT2D eigenvalue weighted by atomic mass is 10.2. The van der Waals surface area contributed by atoms with Gasteiger partial charge in [0.2, 0.25) is 0 Å². The molecule has 2 aromatic rings. The fraction of sp³-hybridized carbons (Fsp3) is 0.200. The number of hydrogen-bond donors (Lipinski definition) is 2. The summed E-state index contributed by atoms with van der Waals surface area (Å²) in [6, 6.07) is 5.92. The SMILES string of the molecule is CCOc1cc2cc(S)sc2cc1N. The number of nitrogen functional groups attached to an aromatic ring is 1. The first kappa shape index (κ1) is 9.68. The van der Waals surface area contributed by atoms with Crippen molar-refractivity contribution >= 4 is 39.7 Å². The van der Waals surface area contributed by atoms with Gasteiger partial charge in [0, 0.05) is 4.70 Å². The lowest BCUT2D eigenvalue weighted by Crippen LogP contribution is -1.95. The Morgan fingerprint density at radius 1 is 1.43 bits per heavy atom. The molecule has 0 fully saturated rings. The van der Waals surface area contributed by atoms with Gasteiger partial charge < -0.3 is 10.5 Å². The van der Waals surface area contributed by atoms with Gasteiger partial charge in [-0.2, -0.15) is 0 Å². The molecule has 1 heterocycles. The second-order valence-electron chi connectivity index (χ2n) is 2.95. The molecular weight excluding hydrogens is 214 g/mol. The van der Waals surface area contributed by atoms with Crippen LogP contribution in [0.2, 0.25) is 0 Å². The summed E-state index contributed by atoms with van der Waals surface area (Å²) in [5, 5.41) is 1.14. The van der Waals surface area contributed by atoms with Crippen molar-refractivity contribution in [1.82, 2.24) is 0 Å². The third kappa shape index (κ3) is 1.67. The number of fused-ring (bicyclic) bond motifs is 1. The van der Waals surface area contributed by atoms with E-state index in [4.69, 9.17) is 10.5 Å². The molecule has 0 spiro atoms. The quantitative estimate of drug-likeness (QED) is 0.608. The van der Waals surface area contributed by atoms with E-state index in [0.29, 0.717) is 12.3 Å². The van der Waals surface area contributed by atoms with E-state index in [9.17, 15) is 0 Å². The van der Waals surface area contributed by atoms with E-state index in [0.717, 1.165) is 20.0 Å². The van der Waals surface area contributed by atoms with E-state index in [1.807, 2.05) is 25.1 Å².